The molecular weight excluding hydrogens is 170 g/mol. The smallest absolute Gasteiger partial charge is 0.322 e. The van der Waals surface area contributed by atoms with E-state index >= 15 is 0 Å². The Morgan fingerprint density at radius 1 is 1.69 bits per heavy atom. The van der Waals surface area contributed by atoms with Crippen molar-refractivity contribution >= 4 is 11.8 Å². The molecule has 1 aromatic rings. The summed E-state index contributed by atoms with van der Waals surface area (Å²) < 4.78 is 0. The molecule has 1 heterocycles. The van der Waals surface area contributed by atoms with Crippen molar-refractivity contribution in [2.75, 3.05) is 11.9 Å². The first-order valence-corrected chi connectivity index (χ1v) is 3.83. The van der Waals surface area contributed by atoms with Crippen LogP contribution in [0.2, 0.25) is 0 Å². The number of anilines is 1. The van der Waals surface area contributed by atoms with Crippen molar-refractivity contribution in [1.29, 1.82) is 0 Å². The van der Waals surface area contributed by atoms with Crippen LogP contribution >= 0.6 is 0 Å². The molecule has 0 aromatic carbocycles. The molecule has 0 fully saturated rings. The lowest BCUT2D eigenvalue weighted by molar-refractivity contribution is -0.134. The van der Waals surface area contributed by atoms with E-state index in [0.29, 0.717) is 12.4 Å². The number of carbonyl (C=O) groups is 1. The number of hydrogen-bond donors (Lipinski definition) is 3. The van der Waals surface area contributed by atoms with Crippen LogP contribution < -0.4 is 11.1 Å². The van der Waals surface area contributed by atoms with Gasteiger partial charge in [0.15, 0.2) is 0 Å². The average Bonchev–Trinajstić information content (AvgIpc) is 2.15. The number of carboxylic acids is 1. The van der Waals surface area contributed by atoms with Gasteiger partial charge in [-0.1, -0.05) is 6.07 Å². The van der Waals surface area contributed by atoms with E-state index in [-0.39, 0.29) is 6.54 Å². The second-order valence-electron chi connectivity index (χ2n) is 2.46. The molecule has 0 aliphatic carbocycles. The fourth-order valence-electron chi connectivity index (χ4n) is 0.922. The van der Waals surface area contributed by atoms with Crippen molar-refractivity contribution in [3.63, 3.8) is 0 Å². The third-order valence-corrected chi connectivity index (χ3v) is 1.52. The minimum atomic E-state index is -0.923. The SMILES string of the molecule is NCc1cccnc1NCC(=O)O. The van der Waals surface area contributed by atoms with Crippen molar-refractivity contribution in [2.45, 2.75) is 6.54 Å². The molecule has 0 bridgehead atoms. The number of hydrogen-bond acceptors (Lipinski definition) is 4. The molecule has 0 spiro atoms. The van der Waals surface area contributed by atoms with Crippen LogP contribution in [0.1, 0.15) is 5.56 Å². The highest BCUT2D eigenvalue weighted by molar-refractivity contribution is 5.72. The van der Waals surface area contributed by atoms with E-state index < -0.39 is 5.97 Å². The second-order valence-corrected chi connectivity index (χ2v) is 2.46. The molecule has 1 aromatic heterocycles. The molecular formula is C8H11N3O2. The first-order valence-electron chi connectivity index (χ1n) is 3.83. The summed E-state index contributed by atoms with van der Waals surface area (Å²) >= 11 is 0. The Balaban J connectivity index is 2.69. The predicted octanol–water partition coefficient (Wildman–Crippen LogP) is 0.0368. The number of rotatable bonds is 4. The van der Waals surface area contributed by atoms with Crippen molar-refractivity contribution in [2.24, 2.45) is 5.73 Å². The number of nitrogens with two attached hydrogens (primary N) is 1. The molecule has 0 saturated carbocycles. The zero-order valence-corrected chi connectivity index (χ0v) is 7.03. The Labute approximate surface area is 75.6 Å². The summed E-state index contributed by atoms with van der Waals surface area (Å²) in [6.07, 6.45) is 1.59. The Hall–Kier alpha value is -1.62. The summed E-state index contributed by atoms with van der Waals surface area (Å²) in [4.78, 5) is 14.2. The Morgan fingerprint density at radius 3 is 3.08 bits per heavy atom. The first kappa shape index (κ1) is 9.47. The maximum absolute atomic E-state index is 10.3. The van der Waals surface area contributed by atoms with E-state index in [9.17, 15) is 4.79 Å². The summed E-state index contributed by atoms with van der Waals surface area (Å²) in [5.41, 5.74) is 6.24. The van der Waals surface area contributed by atoms with Crippen molar-refractivity contribution in [3.8, 4) is 0 Å². The summed E-state index contributed by atoms with van der Waals surface area (Å²) in [5, 5.41) is 11.1. The van der Waals surface area contributed by atoms with Gasteiger partial charge in [0, 0.05) is 18.3 Å². The van der Waals surface area contributed by atoms with Gasteiger partial charge < -0.3 is 16.2 Å². The van der Waals surface area contributed by atoms with Crippen LogP contribution in [0.4, 0.5) is 5.82 Å². The summed E-state index contributed by atoms with van der Waals surface area (Å²) in [6.45, 7) is 0.194. The molecule has 5 heteroatoms. The van der Waals surface area contributed by atoms with Gasteiger partial charge in [0.25, 0.3) is 0 Å². The predicted molar refractivity (Wildman–Crippen MR) is 48.3 cm³/mol. The quantitative estimate of drug-likeness (QED) is 0.610. The standard InChI is InChI=1S/C8H11N3O2/c9-4-6-2-1-3-10-8(6)11-5-7(12)13/h1-3H,4-5,9H2,(H,10,11)(H,12,13). The van der Waals surface area contributed by atoms with Crippen LogP contribution in [0.5, 0.6) is 0 Å². The van der Waals surface area contributed by atoms with Crippen LogP contribution in [-0.4, -0.2) is 22.6 Å². The molecule has 0 radical (unpaired) electrons. The van der Waals surface area contributed by atoms with Crippen molar-refractivity contribution < 1.29 is 9.90 Å². The highest BCUT2D eigenvalue weighted by atomic mass is 16.4. The van der Waals surface area contributed by atoms with Crippen LogP contribution in [-0.2, 0) is 11.3 Å². The van der Waals surface area contributed by atoms with E-state index in [4.69, 9.17) is 10.8 Å². The molecule has 0 unspecified atom stereocenters. The second kappa shape index (κ2) is 4.42. The van der Waals surface area contributed by atoms with Gasteiger partial charge in [-0.2, -0.15) is 0 Å². The number of aromatic nitrogens is 1. The lowest BCUT2D eigenvalue weighted by atomic mass is 10.2. The lowest BCUT2D eigenvalue weighted by Gasteiger charge is -2.06. The van der Waals surface area contributed by atoms with E-state index in [1.165, 1.54) is 0 Å². The van der Waals surface area contributed by atoms with E-state index in [0.717, 1.165) is 5.56 Å². The monoisotopic (exact) mass is 181 g/mol. The molecule has 13 heavy (non-hydrogen) atoms. The van der Waals surface area contributed by atoms with Gasteiger partial charge in [-0.25, -0.2) is 4.98 Å². The van der Waals surface area contributed by atoms with Crippen LogP contribution in [0, 0.1) is 0 Å². The Morgan fingerprint density at radius 2 is 2.46 bits per heavy atom. The van der Waals surface area contributed by atoms with Gasteiger partial charge in [0.1, 0.15) is 12.4 Å². The van der Waals surface area contributed by atoms with Gasteiger partial charge in [0.2, 0.25) is 0 Å². The van der Waals surface area contributed by atoms with Crippen LogP contribution in [0.25, 0.3) is 0 Å². The van der Waals surface area contributed by atoms with Crippen LogP contribution in [0.15, 0.2) is 18.3 Å². The average molecular weight is 181 g/mol. The topological polar surface area (TPSA) is 88.2 Å². The largest absolute Gasteiger partial charge is 0.480 e. The molecule has 0 aliphatic heterocycles. The molecule has 0 atom stereocenters. The molecule has 70 valence electrons. The maximum Gasteiger partial charge on any atom is 0.322 e. The fraction of sp³-hybridized carbons (Fsp3) is 0.250. The van der Waals surface area contributed by atoms with Gasteiger partial charge in [-0.15, -0.1) is 0 Å². The third kappa shape index (κ3) is 2.72. The maximum atomic E-state index is 10.3. The van der Waals surface area contributed by atoms with E-state index in [2.05, 4.69) is 10.3 Å². The first-order chi connectivity index (χ1) is 6.24. The third-order valence-electron chi connectivity index (χ3n) is 1.52. The van der Waals surface area contributed by atoms with Gasteiger partial charge >= 0.3 is 5.97 Å². The van der Waals surface area contributed by atoms with Gasteiger partial charge in [0.05, 0.1) is 0 Å². The molecule has 0 amide bonds. The Kier molecular flexibility index (Phi) is 3.22. The minimum Gasteiger partial charge on any atom is -0.480 e. The number of pyridine rings is 1. The molecule has 0 aliphatic rings. The fourth-order valence-corrected chi connectivity index (χ4v) is 0.922. The number of carboxylic acid groups (broad SMARTS) is 1. The zero-order chi connectivity index (χ0) is 9.68. The molecule has 4 N–H and O–H groups in total. The normalized spacial score (nSPS) is 9.62. The molecule has 5 nitrogen and oxygen atoms in total. The number of aliphatic carboxylic acids is 1. The van der Waals surface area contributed by atoms with E-state index in [1.54, 1.807) is 18.3 Å². The minimum absolute atomic E-state index is 0.149. The zero-order valence-electron chi connectivity index (χ0n) is 7.03. The molecule has 1 rings (SSSR count). The highest BCUT2D eigenvalue weighted by Gasteiger charge is 2.02. The summed E-state index contributed by atoms with van der Waals surface area (Å²) in [5.74, 6) is -0.388. The van der Waals surface area contributed by atoms with Gasteiger partial charge in [-0.05, 0) is 6.07 Å². The van der Waals surface area contributed by atoms with Gasteiger partial charge in [-0.3, -0.25) is 4.79 Å². The number of nitrogens with zero attached hydrogens (tertiary/aromatic N) is 1. The molecule has 0 saturated heterocycles. The van der Waals surface area contributed by atoms with Crippen LogP contribution in [0.3, 0.4) is 0 Å². The lowest BCUT2D eigenvalue weighted by Crippen LogP contribution is -2.15. The van der Waals surface area contributed by atoms with Crippen molar-refractivity contribution in [3.05, 3.63) is 23.9 Å². The summed E-state index contributed by atoms with van der Waals surface area (Å²) in [7, 11) is 0. The van der Waals surface area contributed by atoms with E-state index in [1.807, 2.05) is 0 Å². The highest BCUT2D eigenvalue weighted by Crippen LogP contribution is 2.09. The summed E-state index contributed by atoms with van der Waals surface area (Å²) in [6, 6.07) is 3.56. The Bertz CT molecular complexity index is 301. The van der Waals surface area contributed by atoms with Crippen molar-refractivity contribution in [1.82, 2.24) is 4.98 Å². The number of nitrogens with one attached hydrogen (secondary N) is 1.